The molecule has 0 aromatic heterocycles. The summed E-state index contributed by atoms with van der Waals surface area (Å²) in [5.74, 6) is -0.769. The van der Waals surface area contributed by atoms with Gasteiger partial charge in [0.25, 0.3) is 0 Å². The Hall–Kier alpha value is -1.63. The molecule has 0 unspecified atom stereocenters. The summed E-state index contributed by atoms with van der Waals surface area (Å²) in [6.07, 6.45) is -0.940. The molecule has 0 aliphatic heterocycles. The molecule has 1 aromatic carbocycles. The van der Waals surface area contributed by atoms with Crippen molar-refractivity contribution >= 4 is 5.97 Å². The Bertz CT molecular complexity index is 508. The predicted molar refractivity (Wildman–Crippen MR) is 78.1 cm³/mol. The first-order valence-corrected chi connectivity index (χ1v) is 6.73. The summed E-state index contributed by atoms with van der Waals surface area (Å²) in [5.41, 5.74) is 0.237. The summed E-state index contributed by atoms with van der Waals surface area (Å²) in [7, 11) is 0. The van der Waals surface area contributed by atoms with Crippen LogP contribution in [0.3, 0.4) is 0 Å². The van der Waals surface area contributed by atoms with Gasteiger partial charge in [-0.25, -0.2) is 0 Å². The molecule has 0 spiro atoms. The van der Waals surface area contributed by atoms with E-state index in [2.05, 4.69) is 5.32 Å². The molecule has 6 heteroatoms. The average molecular weight is 297 g/mol. The first-order chi connectivity index (χ1) is 9.65. The molecule has 1 rings (SSSR count). The number of ether oxygens (including phenoxy) is 1. The predicted octanol–water partition coefficient (Wildman–Crippen LogP) is 1.23. The SMILES string of the molecule is CC(=O)Oc1c([C@@H](O)CNC(C)(C)C)ccc(O)c1CO. The fourth-order valence-electron chi connectivity index (χ4n) is 1.83. The van der Waals surface area contributed by atoms with Crippen LogP contribution in [0.5, 0.6) is 11.5 Å². The second kappa shape index (κ2) is 6.89. The third-order valence-electron chi connectivity index (χ3n) is 2.85. The Labute approximate surface area is 124 Å². The monoisotopic (exact) mass is 297 g/mol. The number of rotatable bonds is 5. The van der Waals surface area contributed by atoms with Crippen LogP contribution >= 0.6 is 0 Å². The molecule has 1 atom stereocenters. The minimum atomic E-state index is -0.940. The lowest BCUT2D eigenvalue weighted by Gasteiger charge is -2.24. The van der Waals surface area contributed by atoms with Crippen LogP contribution < -0.4 is 10.1 Å². The normalized spacial score (nSPS) is 13.0. The van der Waals surface area contributed by atoms with E-state index < -0.39 is 18.7 Å². The van der Waals surface area contributed by atoms with Crippen LogP contribution in [0.25, 0.3) is 0 Å². The number of aromatic hydroxyl groups is 1. The van der Waals surface area contributed by atoms with Gasteiger partial charge in [0.2, 0.25) is 0 Å². The van der Waals surface area contributed by atoms with Gasteiger partial charge in [-0.15, -0.1) is 0 Å². The first kappa shape index (κ1) is 17.4. The van der Waals surface area contributed by atoms with Crippen LogP contribution in [-0.4, -0.2) is 33.4 Å². The summed E-state index contributed by atoms with van der Waals surface area (Å²) >= 11 is 0. The number of hydrogen-bond acceptors (Lipinski definition) is 6. The molecule has 4 N–H and O–H groups in total. The van der Waals surface area contributed by atoms with Gasteiger partial charge in [0.15, 0.2) is 0 Å². The Morgan fingerprint density at radius 1 is 1.38 bits per heavy atom. The molecule has 0 aliphatic carbocycles. The number of carbonyl (C=O) groups excluding carboxylic acids is 1. The molecule has 0 saturated carbocycles. The third-order valence-corrected chi connectivity index (χ3v) is 2.85. The van der Waals surface area contributed by atoms with Crippen LogP contribution in [0.1, 0.15) is 44.9 Å². The van der Waals surface area contributed by atoms with Gasteiger partial charge in [0, 0.05) is 24.6 Å². The van der Waals surface area contributed by atoms with Gasteiger partial charge in [-0.3, -0.25) is 4.79 Å². The highest BCUT2D eigenvalue weighted by Crippen LogP contribution is 2.35. The molecule has 0 amide bonds. The van der Waals surface area contributed by atoms with Gasteiger partial charge in [-0.05, 0) is 32.9 Å². The van der Waals surface area contributed by atoms with Gasteiger partial charge in [-0.2, -0.15) is 0 Å². The Morgan fingerprint density at radius 3 is 2.48 bits per heavy atom. The molecule has 118 valence electrons. The second-order valence-electron chi connectivity index (χ2n) is 5.88. The fourth-order valence-corrected chi connectivity index (χ4v) is 1.83. The van der Waals surface area contributed by atoms with Crippen molar-refractivity contribution in [1.82, 2.24) is 5.32 Å². The van der Waals surface area contributed by atoms with E-state index in [0.29, 0.717) is 5.56 Å². The summed E-state index contributed by atoms with van der Waals surface area (Å²) in [6, 6.07) is 2.83. The third kappa shape index (κ3) is 5.00. The molecule has 0 bridgehead atoms. The zero-order valence-corrected chi connectivity index (χ0v) is 12.8. The lowest BCUT2D eigenvalue weighted by molar-refractivity contribution is -0.132. The summed E-state index contributed by atoms with van der Waals surface area (Å²) in [6.45, 7) is 6.85. The van der Waals surface area contributed by atoms with E-state index in [4.69, 9.17) is 4.74 Å². The van der Waals surface area contributed by atoms with Crippen molar-refractivity contribution < 1.29 is 24.9 Å². The number of β-amino-alcohol motifs (C(OH)–C–C–N with tert-alkyl or cyclic N) is 1. The standard InChI is InChI=1S/C15H23NO5/c1-9(18)21-14-10(5-6-12(19)11(14)8-17)13(20)7-16-15(2,3)4/h5-6,13,16-17,19-20H,7-8H2,1-4H3/t13-/m0/s1. The van der Waals surface area contributed by atoms with Crippen molar-refractivity contribution in [3.05, 3.63) is 23.3 Å². The largest absolute Gasteiger partial charge is 0.507 e. The molecular weight excluding hydrogens is 274 g/mol. The van der Waals surface area contributed by atoms with Crippen molar-refractivity contribution in [3.63, 3.8) is 0 Å². The minimum Gasteiger partial charge on any atom is -0.507 e. The van der Waals surface area contributed by atoms with E-state index >= 15 is 0 Å². The fraction of sp³-hybridized carbons (Fsp3) is 0.533. The Kier molecular flexibility index (Phi) is 5.71. The molecule has 0 radical (unpaired) electrons. The van der Waals surface area contributed by atoms with E-state index in [1.807, 2.05) is 20.8 Å². The number of nitrogens with one attached hydrogen (secondary N) is 1. The van der Waals surface area contributed by atoms with E-state index in [1.54, 1.807) is 0 Å². The van der Waals surface area contributed by atoms with Crippen molar-refractivity contribution in [2.45, 2.75) is 45.9 Å². The van der Waals surface area contributed by atoms with Crippen molar-refractivity contribution in [1.29, 1.82) is 0 Å². The van der Waals surface area contributed by atoms with Crippen molar-refractivity contribution in [3.8, 4) is 11.5 Å². The van der Waals surface area contributed by atoms with E-state index in [-0.39, 0.29) is 29.1 Å². The zero-order chi connectivity index (χ0) is 16.2. The van der Waals surface area contributed by atoms with Gasteiger partial charge >= 0.3 is 5.97 Å². The molecule has 0 saturated heterocycles. The van der Waals surface area contributed by atoms with Gasteiger partial charge in [0.1, 0.15) is 11.5 Å². The van der Waals surface area contributed by atoms with Crippen molar-refractivity contribution in [2.24, 2.45) is 0 Å². The van der Waals surface area contributed by atoms with Gasteiger partial charge in [0.05, 0.1) is 18.3 Å². The number of benzene rings is 1. The molecule has 0 aliphatic rings. The average Bonchev–Trinajstić information content (AvgIpc) is 2.35. The van der Waals surface area contributed by atoms with E-state index in [0.717, 1.165) is 0 Å². The zero-order valence-electron chi connectivity index (χ0n) is 12.8. The second-order valence-corrected chi connectivity index (χ2v) is 5.88. The highest BCUT2D eigenvalue weighted by Gasteiger charge is 2.22. The summed E-state index contributed by atoms with van der Waals surface area (Å²) < 4.78 is 5.05. The molecule has 0 fully saturated rings. The Morgan fingerprint density at radius 2 is 2.00 bits per heavy atom. The number of esters is 1. The first-order valence-electron chi connectivity index (χ1n) is 6.73. The molecule has 6 nitrogen and oxygen atoms in total. The number of carbonyl (C=O) groups is 1. The van der Waals surface area contributed by atoms with E-state index in [9.17, 15) is 20.1 Å². The van der Waals surface area contributed by atoms with Crippen LogP contribution in [0.15, 0.2) is 12.1 Å². The van der Waals surface area contributed by atoms with Gasteiger partial charge in [-0.1, -0.05) is 0 Å². The number of aliphatic hydroxyl groups is 2. The number of phenols is 1. The summed E-state index contributed by atoms with van der Waals surface area (Å²) in [4.78, 5) is 11.2. The van der Waals surface area contributed by atoms with Gasteiger partial charge < -0.3 is 25.4 Å². The lowest BCUT2D eigenvalue weighted by atomic mass is 10.0. The van der Waals surface area contributed by atoms with Crippen LogP contribution in [0.2, 0.25) is 0 Å². The van der Waals surface area contributed by atoms with Crippen LogP contribution in [-0.2, 0) is 11.4 Å². The maximum atomic E-state index is 11.2. The number of aliphatic hydroxyl groups excluding tert-OH is 2. The van der Waals surface area contributed by atoms with E-state index in [1.165, 1.54) is 19.1 Å². The highest BCUT2D eigenvalue weighted by molar-refractivity contribution is 5.71. The molecular formula is C15H23NO5. The topological polar surface area (TPSA) is 99.0 Å². The van der Waals surface area contributed by atoms with Crippen LogP contribution in [0.4, 0.5) is 0 Å². The maximum absolute atomic E-state index is 11.2. The molecule has 21 heavy (non-hydrogen) atoms. The molecule has 0 heterocycles. The quantitative estimate of drug-likeness (QED) is 0.482. The minimum absolute atomic E-state index is 0.00760. The summed E-state index contributed by atoms with van der Waals surface area (Å²) in [5, 5.41) is 32.5. The Balaban J connectivity index is 3.12. The smallest absolute Gasteiger partial charge is 0.308 e. The van der Waals surface area contributed by atoms with Crippen molar-refractivity contribution in [2.75, 3.05) is 6.54 Å². The lowest BCUT2D eigenvalue weighted by Crippen LogP contribution is -2.38. The van der Waals surface area contributed by atoms with Crippen LogP contribution in [0, 0.1) is 0 Å². The highest BCUT2D eigenvalue weighted by atomic mass is 16.5. The molecule has 1 aromatic rings. The maximum Gasteiger partial charge on any atom is 0.308 e. The number of hydrogen-bond donors (Lipinski definition) is 4.